The molecular weight excluding hydrogens is 204 g/mol. The second-order valence-electron chi connectivity index (χ2n) is 4.03. The maximum absolute atomic E-state index is 11.7. The van der Waals surface area contributed by atoms with Crippen molar-refractivity contribution in [2.24, 2.45) is 0 Å². The molecule has 1 saturated heterocycles. The molecule has 0 spiro atoms. The van der Waals surface area contributed by atoms with Crippen LogP contribution in [0.25, 0.3) is 0 Å². The van der Waals surface area contributed by atoms with Crippen molar-refractivity contribution in [3.8, 4) is 0 Å². The van der Waals surface area contributed by atoms with Crippen molar-refractivity contribution in [2.45, 2.75) is 25.9 Å². The average molecular weight is 220 g/mol. The fourth-order valence-electron chi connectivity index (χ4n) is 1.72. The number of hydrogen-bond acceptors (Lipinski definition) is 3. The minimum absolute atomic E-state index is 0.0806. The van der Waals surface area contributed by atoms with Gasteiger partial charge in [0.05, 0.1) is 11.7 Å². The van der Waals surface area contributed by atoms with Gasteiger partial charge >= 0.3 is 0 Å². The van der Waals surface area contributed by atoms with Crippen LogP contribution in [0.3, 0.4) is 0 Å². The average Bonchev–Trinajstić information content (AvgIpc) is 2.80. The van der Waals surface area contributed by atoms with Gasteiger partial charge in [-0.05, 0) is 31.9 Å². The zero-order valence-corrected chi connectivity index (χ0v) is 9.40. The van der Waals surface area contributed by atoms with E-state index in [1.54, 1.807) is 12.3 Å². The molecule has 1 unspecified atom stereocenters. The largest absolute Gasteiger partial charge is 0.376 e. The lowest BCUT2D eigenvalue weighted by atomic mass is 10.2. The second kappa shape index (κ2) is 5.07. The number of nitrogens with one attached hydrogen (secondary N) is 1. The molecule has 1 fully saturated rings. The van der Waals surface area contributed by atoms with Gasteiger partial charge in [0.1, 0.15) is 0 Å². The monoisotopic (exact) mass is 220 g/mol. The topological polar surface area (TPSA) is 51.2 Å². The van der Waals surface area contributed by atoms with E-state index in [4.69, 9.17) is 4.74 Å². The summed E-state index contributed by atoms with van der Waals surface area (Å²) < 4.78 is 5.43. The molecule has 0 bridgehead atoms. The summed E-state index contributed by atoms with van der Waals surface area (Å²) in [5, 5.41) is 2.86. The summed E-state index contributed by atoms with van der Waals surface area (Å²) in [5.74, 6) is -0.0806. The Morgan fingerprint density at radius 1 is 1.62 bits per heavy atom. The summed E-state index contributed by atoms with van der Waals surface area (Å²) in [6.07, 6.45) is 3.90. The van der Waals surface area contributed by atoms with Crippen molar-refractivity contribution in [1.82, 2.24) is 10.3 Å². The van der Waals surface area contributed by atoms with E-state index >= 15 is 0 Å². The molecule has 0 radical (unpaired) electrons. The Labute approximate surface area is 95.0 Å². The summed E-state index contributed by atoms with van der Waals surface area (Å²) in [6.45, 7) is 3.30. The molecule has 0 aliphatic carbocycles. The summed E-state index contributed by atoms with van der Waals surface area (Å²) >= 11 is 0. The smallest absolute Gasteiger partial charge is 0.252 e. The van der Waals surface area contributed by atoms with Crippen LogP contribution in [0.15, 0.2) is 18.3 Å². The summed E-state index contributed by atoms with van der Waals surface area (Å²) in [4.78, 5) is 15.8. The van der Waals surface area contributed by atoms with Crippen LogP contribution in [-0.4, -0.2) is 30.1 Å². The summed E-state index contributed by atoms with van der Waals surface area (Å²) in [5.41, 5.74) is 1.51. The normalized spacial score (nSPS) is 19.7. The molecule has 0 aromatic carbocycles. The lowest BCUT2D eigenvalue weighted by molar-refractivity contribution is 0.0857. The van der Waals surface area contributed by atoms with Crippen molar-refractivity contribution in [3.63, 3.8) is 0 Å². The van der Waals surface area contributed by atoms with Gasteiger partial charge in [0.2, 0.25) is 0 Å². The number of hydrogen-bond donors (Lipinski definition) is 1. The number of carbonyl (C=O) groups is 1. The quantitative estimate of drug-likeness (QED) is 0.835. The van der Waals surface area contributed by atoms with E-state index in [9.17, 15) is 4.79 Å². The molecule has 2 rings (SSSR count). The minimum Gasteiger partial charge on any atom is -0.376 e. The first-order chi connectivity index (χ1) is 7.75. The Bertz CT molecular complexity index is 356. The third-order valence-corrected chi connectivity index (χ3v) is 2.69. The first-order valence-electron chi connectivity index (χ1n) is 5.58. The number of rotatable bonds is 3. The van der Waals surface area contributed by atoms with Crippen LogP contribution in [0.4, 0.5) is 0 Å². The molecule has 2 heterocycles. The van der Waals surface area contributed by atoms with Crippen molar-refractivity contribution in [3.05, 3.63) is 29.6 Å². The molecule has 16 heavy (non-hydrogen) atoms. The number of ether oxygens (including phenoxy) is 1. The molecule has 1 atom stereocenters. The Morgan fingerprint density at radius 3 is 3.12 bits per heavy atom. The Balaban J connectivity index is 1.85. The van der Waals surface area contributed by atoms with E-state index in [1.165, 1.54) is 0 Å². The number of pyridine rings is 1. The minimum atomic E-state index is -0.0806. The van der Waals surface area contributed by atoms with Gasteiger partial charge in [-0.25, -0.2) is 0 Å². The molecule has 86 valence electrons. The molecule has 0 saturated carbocycles. The summed E-state index contributed by atoms with van der Waals surface area (Å²) in [7, 11) is 0. The third kappa shape index (κ3) is 2.79. The van der Waals surface area contributed by atoms with Gasteiger partial charge in [-0.15, -0.1) is 0 Å². The SMILES string of the molecule is Cc1ccc(C(=O)NCC2CCCO2)cn1. The molecule has 4 nitrogen and oxygen atoms in total. The van der Waals surface area contributed by atoms with Crippen molar-refractivity contribution >= 4 is 5.91 Å². The molecule has 4 heteroatoms. The number of carbonyl (C=O) groups excluding carboxylic acids is 1. The van der Waals surface area contributed by atoms with Crippen LogP contribution in [0.2, 0.25) is 0 Å². The van der Waals surface area contributed by atoms with Crippen molar-refractivity contribution in [1.29, 1.82) is 0 Å². The highest BCUT2D eigenvalue weighted by Crippen LogP contribution is 2.10. The zero-order valence-electron chi connectivity index (χ0n) is 9.40. The highest BCUT2D eigenvalue weighted by atomic mass is 16.5. The van der Waals surface area contributed by atoms with E-state index in [2.05, 4.69) is 10.3 Å². The van der Waals surface area contributed by atoms with Crippen LogP contribution < -0.4 is 5.32 Å². The molecule has 1 aromatic heterocycles. The molecule has 1 aliphatic heterocycles. The van der Waals surface area contributed by atoms with Gasteiger partial charge in [0.15, 0.2) is 0 Å². The second-order valence-corrected chi connectivity index (χ2v) is 4.03. The predicted molar refractivity (Wildman–Crippen MR) is 60.3 cm³/mol. The molecule has 1 N–H and O–H groups in total. The van der Waals surface area contributed by atoms with Crippen molar-refractivity contribution in [2.75, 3.05) is 13.2 Å². The Hall–Kier alpha value is -1.42. The fraction of sp³-hybridized carbons (Fsp3) is 0.500. The number of nitrogens with zero attached hydrogens (tertiary/aromatic N) is 1. The van der Waals surface area contributed by atoms with Gasteiger partial charge in [0, 0.05) is 25.0 Å². The Morgan fingerprint density at radius 2 is 2.50 bits per heavy atom. The van der Waals surface area contributed by atoms with E-state index in [-0.39, 0.29) is 12.0 Å². The molecule has 1 aromatic rings. The van der Waals surface area contributed by atoms with Gasteiger partial charge in [-0.1, -0.05) is 0 Å². The first kappa shape index (κ1) is 11.1. The van der Waals surface area contributed by atoms with Crippen LogP contribution >= 0.6 is 0 Å². The first-order valence-corrected chi connectivity index (χ1v) is 5.58. The molecule has 1 aliphatic rings. The maximum Gasteiger partial charge on any atom is 0.252 e. The summed E-state index contributed by atoms with van der Waals surface area (Å²) in [6, 6.07) is 3.62. The number of aromatic nitrogens is 1. The van der Waals surface area contributed by atoms with Gasteiger partial charge in [0.25, 0.3) is 5.91 Å². The number of aryl methyl sites for hydroxylation is 1. The van der Waals surface area contributed by atoms with Gasteiger partial charge in [-0.3, -0.25) is 9.78 Å². The maximum atomic E-state index is 11.7. The molecule has 1 amide bonds. The van der Waals surface area contributed by atoms with E-state index in [0.29, 0.717) is 12.1 Å². The van der Waals surface area contributed by atoms with E-state index in [0.717, 1.165) is 25.1 Å². The van der Waals surface area contributed by atoms with Crippen LogP contribution in [0.5, 0.6) is 0 Å². The fourth-order valence-corrected chi connectivity index (χ4v) is 1.72. The van der Waals surface area contributed by atoms with Gasteiger partial charge < -0.3 is 10.1 Å². The number of amides is 1. The predicted octanol–water partition coefficient (Wildman–Crippen LogP) is 1.30. The lowest BCUT2D eigenvalue weighted by Gasteiger charge is -2.10. The van der Waals surface area contributed by atoms with Crippen LogP contribution in [-0.2, 0) is 4.74 Å². The third-order valence-electron chi connectivity index (χ3n) is 2.69. The van der Waals surface area contributed by atoms with Crippen LogP contribution in [0.1, 0.15) is 28.9 Å². The standard InChI is InChI=1S/C12H16N2O2/c1-9-4-5-10(7-13-9)12(15)14-8-11-3-2-6-16-11/h4-5,7,11H,2-3,6,8H2,1H3,(H,14,15). The van der Waals surface area contributed by atoms with Crippen molar-refractivity contribution < 1.29 is 9.53 Å². The zero-order chi connectivity index (χ0) is 11.4. The van der Waals surface area contributed by atoms with E-state index in [1.807, 2.05) is 13.0 Å². The lowest BCUT2D eigenvalue weighted by Crippen LogP contribution is -2.31. The van der Waals surface area contributed by atoms with E-state index < -0.39 is 0 Å². The van der Waals surface area contributed by atoms with Gasteiger partial charge in [-0.2, -0.15) is 0 Å². The molecular formula is C12H16N2O2. The Kier molecular flexibility index (Phi) is 3.51. The highest BCUT2D eigenvalue weighted by Gasteiger charge is 2.16. The van der Waals surface area contributed by atoms with Crippen LogP contribution in [0, 0.1) is 6.92 Å². The highest BCUT2D eigenvalue weighted by molar-refractivity contribution is 5.93.